The summed E-state index contributed by atoms with van der Waals surface area (Å²) in [6, 6.07) is 9.99. The van der Waals surface area contributed by atoms with E-state index in [9.17, 15) is 9.59 Å². The van der Waals surface area contributed by atoms with Gasteiger partial charge in [0.25, 0.3) is 5.91 Å². The van der Waals surface area contributed by atoms with Gasteiger partial charge in [-0.3, -0.25) is 9.89 Å². The van der Waals surface area contributed by atoms with E-state index >= 15 is 0 Å². The molecular formula is C18H23N5O2. The van der Waals surface area contributed by atoms with Gasteiger partial charge in [0.15, 0.2) is 5.69 Å². The number of aromatic nitrogens is 2. The average Bonchev–Trinajstić information content (AvgIpc) is 3.09. The van der Waals surface area contributed by atoms with Crippen LogP contribution in [0.2, 0.25) is 0 Å². The Kier molecular flexibility index (Phi) is 5.02. The Morgan fingerprint density at radius 1 is 1.32 bits per heavy atom. The van der Waals surface area contributed by atoms with Crippen molar-refractivity contribution in [1.29, 1.82) is 0 Å². The Hall–Kier alpha value is -2.83. The summed E-state index contributed by atoms with van der Waals surface area (Å²) in [5.74, 6) is -0.00156. The van der Waals surface area contributed by atoms with Gasteiger partial charge in [0.2, 0.25) is 0 Å². The van der Waals surface area contributed by atoms with E-state index in [1.54, 1.807) is 11.9 Å². The van der Waals surface area contributed by atoms with Gasteiger partial charge in [0.1, 0.15) is 0 Å². The highest BCUT2D eigenvalue weighted by Crippen LogP contribution is 2.20. The topological polar surface area (TPSA) is 90.1 Å². The Morgan fingerprint density at radius 2 is 2.08 bits per heavy atom. The molecule has 1 atom stereocenters. The lowest BCUT2D eigenvalue weighted by molar-refractivity contribution is 0.0955. The fourth-order valence-electron chi connectivity index (χ4n) is 3.03. The number of hydrogen-bond acceptors (Lipinski definition) is 3. The first kappa shape index (κ1) is 17.0. The van der Waals surface area contributed by atoms with E-state index in [2.05, 4.69) is 39.9 Å². The van der Waals surface area contributed by atoms with Crippen molar-refractivity contribution in [2.45, 2.75) is 25.8 Å². The normalized spacial score (nSPS) is 14.6. The highest BCUT2D eigenvalue weighted by Gasteiger charge is 2.27. The Labute approximate surface area is 146 Å². The molecule has 0 bridgehead atoms. The molecule has 3 amide bonds. The zero-order chi connectivity index (χ0) is 17.8. The number of nitrogens with zero attached hydrogens (tertiary/aromatic N) is 2. The molecule has 0 radical (unpaired) electrons. The molecule has 7 nitrogen and oxygen atoms in total. The summed E-state index contributed by atoms with van der Waals surface area (Å²) in [6.07, 6.45) is 0.668. The van der Waals surface area contributed by atoms with E-state index in [4.69, 9.17) is 0 Å². The van der Waals surface area contributed by atoms with Gasteiger partial charge in [-0.15, -0.1) is 0 Å². The minimum Gasteiger partial charge on any atom is -0.354 e. The summed E-state index contributed by atoms with van der Waals surface area (Å²) in [5, 5.41) is 12.6. The average molecular weight is 341 g/mol. The second kappa shape index (κ2) is 7.38. The maximum absolute atomic E-state index is 12.5. The van der Waals surface area contributed by atoms with Gasteiger partial charge in [0.05, 0.1) is 6.54 Å². The highest BCUT2D eigenvalue weighted by atomic mass is 16.2. The van der Waals surface area contributed by atoms with Crippen LogP contribution in [0.1, 0.15) is 40.2 Å². The van der Waals surface area contributed by atoms with Crippen LogP contribution in [0, 0.1) is 0 Å². The molecule has 2 aromatic rings. The molecule has 132 valence electrons. The first-order chi connectivity index (χ1) is 12.1. The summed E-state index contributed by atoms with van der Waals surface area (Å²) in [4.78, 5) is 26.1. The number of aromatic amines is 1. The SMILES string of the molecule is CNC(=O)c1n[nH]c2c1CN(C(=O)NC[C@H](C)c1ccccc1)CC2. The van der Waals surface area contributed by atoms with Gasteiger partial charge in [0, 0.05) is 37.8 Å². The van der Waals surface area contributed by atoms with Crippen molar-refractivity contribution < 1.29 is 9.59 Å². The molecule has 0 saturated heterocycles. The second-order valence-corrected chi connectivity index (χ2v) is 6.28. The number of H-pyrrole nitrogens is 1. The van der Waals surface area contributed by atoms with E-state index in [0.29, 0.717) is 31.7 Å². The third-order valence-corrected chi connectivity index (χ3v) is 4.59. The number of carbonyl (C=O) groups excluding carboxylic acids is 2. The highest BCUT2D eigenvalue weighted by molar-refractivity contribution is 5.94. The molecule has 1 aliphatic heterocycles. The fourth-order valence-corrected chi connectivity index (χ4v) is 3.03. The van der Waals surface area contributed by atoms with E-state index in [0.717, 1.165) is 11.3 Å². The summed E-state index contributed by atoms with van der Waals surface area (Å²) >= 11 is 0. The quantitative estimate of drug-likeness (QED) is 0.790. The molecular weight excluding hydrogens is 318 g/mol. The minimum atomic E-state index is -0.238. The van der Waals surface area contributed by atoms with Crippen molar-refractivity contribution in [2.24, 2.45) is 0 Å². The van der Waals surface area contributed by atoms with Gasteiger partial charge >= 0.3 is 6.03 Å². The Balaban J connectivity index is 1.61. The Morgan fingerprint density at radius 3 is 2.80 bits per heavy atom. The molecule has 3 N–H and O–H groups in total. The predicted octanol–water partition coefficient (Wildman–Crippen LogP) is 1.64. The molecule has 1 aromatic carbocycles. The largest absolute Gasteiger partial charge is 0.354 e. The van der Waals surface area contributed by atoms with Crippen molar-refractivity contribution in [3.05, 3.63) is 52.8 Å². The lowest BCUT2D eigenvalue weighted by Gasteiger charge is -2.27. The van der Waals surface area contributed by atoms with Crippen molar-refractivity contribution in [2.75, 3.05) is 20.1 Å². The maximum atomic E-state index is 12.5. The molecule has 25 heavy (non-hydrogen) atoms. The molecule has 0 unspecified atom stereocenters. The van der Waals surface area contributed by atoms with Gasteiger partial charge in [-0.25, -0.2) is 4.79 Å². The van der Waals surface area contributed by atoms with Crippen LogP contribution in [0.5, 0.6) is 0 Å². The van der Waals surface area contributed by atoms with E-state index in [1.807, 2.05) is 18.2 Å². The van der Waals surface area contributed by atoms with Crippen molar-refractivity contribution in [3.63, 3.8) is 0 Å². The number of amides is 3. The van der Waals surface area contributed by atoms with Crippen LogP contribution in [-0.4, -0.2) is 47.2 Å². The first-order valence-corrected chi connectivity index (χ1v) is 8.46. The van der Waals surface area contributed by atoms with E-state index in [-0.39, 0.29) is 17.9 Å². The van der Waals surface area contributed by atoms with Gasteiger partial charge in [-0.1, -0.05) is 37.3 Å². The van der Waals surface area contributed by atoms with Crippen LogP contribution in [0.4, 0.5) is 4.79 Å². The van der Waals surface area contributed by atoms with Crippen LogP contribution >= 0.6 is 0 Å². The zero-order valence-corrected chi connectivity index (χ0v) is 14.5. The molecule has 1 aromatic heterocycles. The predicted molar refractivity (Wildman–Crippen MR) is 94.3 cm³/mol. The third kappa shape index (κ3) is 3.65. The summed E-state index contributed by atoms with van der Waals surface area (Å²) < 4.78 is 0. The van der Waals surface area contributed by atoms with E-state index < -0.39 is 0 Å². The summed E-state index contributed by atoms with van der Waals surface area (Å²) in [5.41, 5.74) is 3.30. The minimum absolute atomic E-state index is 0.113. The maximum Gasteiger partial charge on any atom is 0.317 e. The lowest BCUT2D eigenvalue weighted by atomic mass is 10.0. The summed E-state index contributed by atoms with van der Waals surface area (Å²) in [6.45, 7) is 3.65. The lowest BCUT2D eigenvalue weighted by Crippen LogP contribution is -2.44. The van der Waals surface area contributed by atoms with Crippen molar-refractivity contribution in [1.82, 2.24) is 25.7 Å². The van der Waals surface area contributed by atoms with Crippen LogP contribution in [0.15, 0.2) is 30.3 Å². The van der Waals surface area contributed by atoms with Crippen LogP contribution in [-0.2, 0) is 13.0 Å². The molecule has 0 spiro atoms. The van der Waals surface area contributed by atoms with E-state index in [1.165, 1.54) is 5.56 Å². The second-order valence-electron chi connectivity index (χ2n) is 6.28. The standard InChI is InChI=1S/C18H23N5O2/c1-12(13-6-4-3-5-7-13)10-20-18(25)23-9-8-15-14(11-23)16(22-21-15)17(24)19-2/h3-7,12H,8-11H2,1-2H3,(H,19,24)(H,20,25)(H,21,22)/t12-/m0/s1. The van der Waals surface area contributed by atoms with Crippen molar-refractivity contribution in [3.8, 4) is 0 Å². The third-order valence-electron chi connectivity index (χ3n) is 4.59. The first-order valence-electron chi connectivity index (χ1n) is 8.46. The van der Waals surface area contributed by atoms with Crippen molar-refractivity contribution >= 4 is 11.9 Å². The Bertz CT molecular complexity index is 756. The van der Waals surface area contributed by atoms with Gasteiger partial charge < -0.3 is 15.5 Å². The number of urea groups is 1. The zero-order valence-electron chi connectivity index (χ0n) is 14.5. The van der Waals surface area contributed by atoms with Crippen LogP contribution < -0.4 is 10.6 Å². The van der Waals surface area contributed by atoms with Crippen LogP contribution in [0.3, 0.4) is 0 Å². The molecule has 3 rings (SSSR count). The molecule has 7 heteroatoms. The number of carbonyl (C=O) groups is 2. The number of nitrogens with one attached hydrogen (secondary N) is 3. The number of rotatable bonds is 4. The van der Waals surface area contributed by atoms with Gasteiger partial charge in [-0.2, -0.15) is 5.10 Å². The number of hydrogen-bond donors (Lipinski definition) is 3. The molecule has 0 aliphatic carbocycles. The molecule has 0 fully saturated rings. The smallest absolute Gasteiger partial charge is 0.317 e. The number of benzene rings is 1. The fraction of sp³-hybridized carbons (Fsp3) is 0.389. The molecule has 0 saturated carbocycles. The van der Waals surface area contributed by atoms with Crippen LogP contribution in [0.25, 0.3) is 0 Å². The molecule has 2 heterocycles. The monoisotopic (exact) mass is 341 g/mol. The molecule has 1 aliphatic rings. The summed E-state index contributed by atoms with van der Waals surface area (Å²) in [7, 11) is 1.57. The number of fused-ring (bicyclic) bond motifs is 1. The van der Waals surface area contributed by atoms with Gasteiger partial charge in [-0.05, 0) is 11.5 Å².